The lowest BCUT2D eigenvalue weighted by molar-refractivity contribution is -0.123. The first kappa shape index (κ1) is 36.0. The van der Waals surface area contributed by atoms with Crippen LogP contribution in [0.15, 0.2) is 83.7 Å². The Kier molecular flexibility index (Phi) is 10.8. The first-order chi connectivity index (χ1) is 25.2. The Labute approximate surface area is 303 Å². The summed E-state index contributed by atoms with van der Waals surface area (Å²) < 4.78 is 17.3. The van der Waals surface area contributed by atoms with Crippen molar-refractivity contribution in [2.45, 2.75) is 58.2 Å². The van der Waals surface area contributed by atoms with Gasteiger partial charge in [0.2, 0.25) is 23.0 Å². The third-order valence-electron chi connectivity index (χ3n) is 9.82. The van der Waals surface area contributed by atoms with E-state index in [0.29, 0.717) is 53.5 Å². The number of benzene rings is 3. The Balaban J connectivity index is 1.43. The van der Waals surface area contributed by atoms with Crippen molar-refractivity contribution in [3.63, 3.8) is 0 Å². The third-order valence-corrected chi connectivity index (χ3v) is 9.82. The maximum absolute atomic E-state index is 14.4. The smallest absolute Gasteiger partial charge is 0.243 e. The maximum atomic E-state index is 14.4. The third kappa shape index (κ3) is 7.16. The standard InChI is InChI=1S/C41H45N5O6/c1-7-23(2)36(41(49)46-37(25-13-9-8-10-14-25)40-44-30-15-11-12-16-31(30)45-40)43-32-20-18-27-28(22-33(32)48)29(42-24(3)47)19-17-26-21-34(50-4)38(51-5)39(52-6)35(26)27/h8-16,18,20-23,29,36-37H,7,17,19H2,1-6H3,(H,42,47)(H,43,48)(H,44,45)(H,46,49)/t23-,29+,36+,37+/m1/s1. The number of anilines is 1. The molecule has 52 heavy (non-hydrogen) atoms. The van der Waals surface area contributed by atoms with Gasteiger partial charge in [-0.1, -0.05) is 68.8 Å². The Hall–Kier alpha value is -5.84. The first-order valence-electron chi connectivity index (χ1n) is 17.5. The molecule has 1 aliphatic rings. The van der Waals surface area contributed by atoms with E-state index in [2.05, 4.69) is 20.9 Å². The monoisotopic (exact) mass is 703 g/mol. The zero-order chi connectivity index (χ0) is 36.9. The van der Waals surface area contributed by atoms with E-state index < -0.39 is 18.1 Å². The van der Waals surface area contributed by atoms with Crippen LogP contribution in [0.4, 0.5) is 5.69 Å². The summed E-state index contributed by atoms with van der Waals surface area (Å²) >= 11 is 0. The van der Waals surface area contributed by atoms with Gasteiger partial charge in [-0.15, -0.1) is 0 Å². The van der Waals surface area contributed by atoms with Crippen LogP contribution in [0.2, 0.25) is 0 Å². The second kappa shape index (κ2) is 15.6. The molecule has 1 heterocycles. The minimum absolute atomic E-state index is 0.153. The molecule has 1 aromatic heterocycles. The summed E-state index contributed by atoms with van der Waals surface area (Å²) in [5, 5.41) is 9.59. The van der Waals surface area contributed by atoms with Gasteiger partial charge in [0.15, 0.2) is 11.5 Å². The van der Waals surface area contributed by atoms with Gasteiger partial charge < -0.3 is 35.1 Å². The quantitative estimate of drug-likeness (QED) is 0.116. The van der Waals surface area contributed by atoms with Crippen LogP contribution in [0.1, 0.15) is 68.2 Å². The maximum Gasteiger partial charge on any atom is 0.243 e. The van der Waals surface area contributed by atoms with E-state index in [1.165, 1.54) is 6.92 Å². The van der Waals surface area contributed by atoms with Gasteiger partial charge in [-0.25, -0.2) is 4.98 Å². The molecule has 0 aliphatic heterocycles. The fourth-order valence-electron chi connectivity index (χ4n) is 6.99. The number of rotatable bonds is 12. The van der Waals surface area contributed by atoms with Crippen molar-refractivity contribution in [2.24, 2.45) is 5.92 Å². The fourth-order valence-corrected chi connectivity index (χ4v) is 6.99. The molecule has 2 amide bonds. The molecule has 4 N–H and O–H groups in total. The molecule has 11 heteroatoms. The number of ether oxygens (including phenoxy) is 3. The van der Waals surface area contributed by atoms with Gasteiger partial charge in [0.25, 0.3) is 0 Å². The predicted molar refractivity (Wildman–Crippen MR) is 202 cm³/mol. The van der Waals surface area contributed by atoms with Crippen LogP contribution in [0.5, 0.6) is 17.2 Å². The molecule has 0 saturated heterocycles. The van der Waals surface area contributed by atoms with Crippen molar-refractivity contribution in [3.05, 3.63) is 112 Å². The highest BCUT2D eigenvalue weighted by molar-refractivity contribution is 5.87. The van der Waals surface area contributed by atoms with Gasteiger partial charge >= 0.3 is 0 Å². The van der Waals surface area contributed by atoms with E-state index in [9.17, 15) is 14.4 Å². The van der Waals surface area contributed by atoms with Crippen molar-refractivity contribution in [2.75, 3.05) is 26.6 Å². The average Bonchev–Trinajstić information content (AvgIpc) is 3.45. The van der Waals surface area contributed by atoms with Crippen LogP contribution >= 0.6 is 0 Å². The Morgan fingerprint density at radius 3 is 2.35 bits per heavy atom. The normalized spacial score (nSPS) is 15.2. The zero-order valence-electron chi connectivity index (χ0n) is 30.3. The summed E-state index contributed by atoms with van der Waals surface area (Å²) in [5.41, 5.74) is 5.45. The molecule has 0 radical (unpaired) electrons. The van der Waals surface area contributed by atoms with Crippen LogP contribution in [-0.2, 0) is 16.0 Å². The first-order valence-corrected chi connectivity index (χ1v) is 17.5. The van der Waals surface area contributed by atoms with Gasteiger partial charge in [-0.05, 0) is 71.3 Å². The highest BCUT2D eigenvalue weighted by Crippen LogP contribution is 2.50. The van der Waals surface area contributed by atoms with Crippen molar-refractivity contribution >= 4 is 28.5 Å². The number of aromatic nitrogens is 2. The predicted octanol–water partition coefficient (Wildman–Crippen LogP) is 6.47. The number of aromatic amines is 1. The summed E-state index contributed by atoms with van der Waals surface area (Å²) in [5.74, 6) is 1.35. The molecule has 6 rings (SSSR count). The number of para-hydroxylation sites is 2. The molecule has 0 bridgehead atoms. The van der Waals surface area contributed by atoms with E-state index in [4.69, 9.17) is 19.2 Å². The Morgan fingerprint density at radius 2 is 1.67 bits per heavy atom. The van der Waals surface area contributed by atoms with Crippen LogP contribution < -0.4 is 35.6 Å². The van der Waals surface area contributed by atoms with Crippen molar-refractivity contribution in [1.82, 2.24) is 20.6 Å². The van der Waals surface area contributed by atoms with Gasteiger partial charge in [0.1, 0.15) is 17.9 Å². The molecule has 11 nitrogen and oxygen atoms in total. The molecule has 5 aromatic rings. The van der Waals surface area contributed by atoms with Gasteiger partial charge in [-0.3, -0.25) is 14.4 Å². The number of aryl methyl sites for hydroxylation is 1. The molecule has 4 aromatic carbocycles. The number of hydrogen-bond donors (Lipinski definition) is 4. The number of carbonyl (C=O) groups excluding carboxylic acids is 2. The molecule has 0 spiro atoms. The minimum Gasteiger partial charge on any atom is -0.493 e. The number of imidazole rings is 1. The fraction of sp³-hybridized carbons (Fsp3) is 0.317. The lowest BCUT2D eigenvalue weighted by Crippen LogP contribution is -2.46. The van der Waals surface area contributed by atoms with E-state index in [-0.39, 0.29) is 28.8 Å². The molecule has 270 valence electrons. The molecule has 0 unspecified atom stereocenters. The number of nitrogens with zero attached hydrogens (tertiary/aromatic N) is 1. The van der Waals surface area contributed by atoms with E-state index in [0.717, 1.165) is 27.7 Å². The lowest BCUT2D eigenvalue weighted by Gasteiger charge is -2.26. The topological polar surface area (TPSA) is 144 Å². The number of H-pyrrole nitrogens is 1. The van der Waals surface area contributed by atoms with E-state index in [1.54, 1.807) is 33.5 Å². The second-order valence-electron chi connectivity index (χ2n) is 13.1. The number of nitrogens with one attached hydrogen (secondary N) is 4. The number of hydrogen-bond acceptors (Lipinski definition) is 8. The largest absolute Gasteiger partial charge is 0.493 e. The van der Waals surface area contributed by atoms with Crippen LogP contribution in [-0.4, -0.2) is 49.2 Å². The van der Waals surface area contributed by atoms with E-state index in [1.807, 2.05) is 80.6 Å². The van der Waals surface area contributed by atoms with Crippen LogP contribution in [0, 0.1) is 5.92 Å². The van der Waals surface area contributed by atoms with Gasteiger partial charge in [0.05, 0.1) is 44.1 Å². The van der Waals surface area contributed by atoms with Crippen LogP contribution in [0.3, 0.4) is 0 Å². The SMILES string of the molecule is CC[C@@H](C)[C@H](Nc1ccc2c(cc1=O)[C@@H](NC(C)=O)CCc1cc(OC)c(OC)c(OC)c1-2)C(=O)N[C@@H](c1ccccc1)c1nc2ccccc2[nH]1. The Bertz CT molecular complexity index is 2120. The highest BCUT2D eigenvalue weighted by atomic mass is 16.5. The molecule has 0 fully saturated rings. The molecule has 4 atom stereocenters. The summed E-state index contributed by atoms with van der Waals surface area (Å²) in [6.45, 7) is 5.45. The summed E-state index contributed by atoms with van der Waals surface area (Å²) in [6.07, 6.45) is 1.79. The average molecular weight is 704 g/mol. The van der Waals surface area contributed by atoms with Crippen molar-refractivity contribution in [3.8, 4) is 28.4 Å². The minimum atomic E-state index is -0.771. The number of carbonyl (C=O) groups is 2. The molecular formula is C41H45N5O6. The number of amides is 2. The summed E-state index contributed by atoms with van der Waals surface area (Å²) in [6, 6.07) is 22.6. The number of methoxy groups -OCH3 is 3. The van der Waals surface area contributed by atoms with E-state index >= 15 is 0 Å². The van der Waals surface area contributed by atoms with Crippen LogP contribution in [0.25, 0.3) is 22.2 Å². The molecule has 1 aliphatic carbocycles. The van der Waals surface area contributed by atoms with Gasteiger partial charge in [-0.2, -0.15) is 0 Å². The zero-order valence-corrected chi connectivity index (χ0v) is 30.3. The molecular weight excluding hydrogens is 658 g/mol. The molecule has 0 saturated carbocycles. The Morgan fingerprint density at radius 1 is 0.942 bits per heavy atom. The highest BCUT2D eigenvalue weighted by Gasteiger charge is 2.32. The summed E-state index contributed by atoms with van der Waals surface area (Å²) in [7, 11) is 4.68. The lowest BCUT2D eigenvalue weighted by atomic mass is 9.95. The summed E-state index contributed by atoms with van der Waals surface area (Å²) in [4.78, 5) is 49.1. The van der Waals surface area contributed by atoms with Gasteiger partial charge in [0, 0.05) is 12.5 Å². The van der Waals surface area contributed by atoms with Crippen molar-refractivity contribution in [1.29, 1.82) is 0 Å². The second-order valence-corrected chi connectivity index (χ2v) is 13.1. The van der Waals surface area contributed by atoms with Crippen molar-refractivity contribution < 1.29 is 23.8 Å². The number of fused-ring (bicyclic) bond motifs is 4.